The first-order chi connectivity index (χ1) is 9.83. The van der Waals surface area contributed by atoms with Gasteiger partial charge in [0.25, 0.3) is 5.91 Å². The molecule has 2 aromatic carbocycles. The van der Waals surface area contributed by atoms with Crippen molar-refractivity contribution in [1.82, 2.24) is 0 Å². The van der Waals surface area contributed by atoms with Gasteiger partial charge in [0.15, 0.2) is 0 Å². The molecule has 7 heteroatoms. The van der Waals surface area contributed by atoms with E-state index in [0.29, 0.717) is 11.3 Å². The number of alkyl halides is 3. The number of ether oxygens (including phenoxy) is 1. The number of aromatic hydroxyl groups is 1. The lowest BCUT2D eigenvalue weighted by Crippen LogP contribution is -2.17. The Labute approximate surface area is 117 Å². The molecule has 0 bridgehead atoms. The molecule has 0 aliphatic rings. The average Bonchev–Trinajstić information content (AvgIpc) is 2.40. The summed E-state index contributed by atoms with van der Waals surface area (Å²) in [6.07, 6.45) is -4.75. The van der Waals surface area contributed by atoms with E-state index in [4.69, 9.17) is 5.11 Å². The Kier molecular flexibility index (Phi) is 4.02. The molecule has 0 aliphatic heterocycles. The molecule has 0 aromatic heterocycles. The van der Waals surface area contributed by atoms with Gasteiger partial charge in [-0.3, -0.25) is 4.79 Å². The lowest BCUT2D eigenvalue weighted by molar-refractivity contribution is -0.274. The topological polar surface area (TPSA) is 58.6 Å². The van der Waals surface area contributed by atoms with Crippen LogP contribution in [0.1, 0.15) is 10.4 Å². The molecule has 0 atom stereocenters. The van der Waals surface area contributed by atoms with E-state index in [-0.39, 0.29) is 11.5 Å². The first kappa shape index (κ1) is 14.7. The van der Waals surface area contributed by atoms with Crippen molar-refractivity contribution in [3.05, 3.63) is 54.1 Å². The van der Waals surface area contributed by atoms with Crippen molar-refractivity contribution in [1.29, 1.82) is 0 Å². The molecule has 0 fully saturated rings. The number of amides is 1. The standard InChI is InChI=1S/C14H10F3NO3/c15-14(16,17)21-12-7-3-10(4-8-12)18-13(20)9-1-5-11(19)6-2-9/h1-8,19H,(H,18,20). The van der Waals surface area contributed by atoms with Gasteiger partial charge in [-0.2, -0.15) is 0 Å². The summed E-state index contributed by atoms with van der Waals surface area (Å²) < 4.78 is 39.7. The van der Waals surface area contributed by atoms with Crippen LogP contribution < -0.4 is 10.1 Å². The number of anilines is 1. The molecule has 1 amide bonds. The van der Waals surface area contributed by atoms with Crippen LogP contribution in [0.15, 0.2) is 48.5 Å². The van der Waals surface area contributed by atoms with E-state index in [9.17, 15) is 18.0 Å². The van der Waals surface area contributed by atoms with Crippen LogP contribution in [-0.4, -0.2) is 17.4 Å². The Morgan fingerprint density at radius 3 is 2.10 bits per heavy atom. The summed E-state index contributed by atoms with van der Waals surface area (Å²) in [5, 5.41) is 11.6. The third kappa shape index (κ3) is 4.41. The maximum Gasteiger partial charge on any atom is 0.573 e. The predicted molar refractivity (Wildman–Crippen MR) is 69.2 cm³/mol. The number of phenols is 1. The second-order valence-electron chi connectivity index (χ2n) is 4.07. The van der Waals surface area contributed by atoms with Crippen molar-refractivity contribution >= 4 is 11.6 Å². The molecular formula is C14H10F3NO3. The number of phenolic OH excluding ortho intramolecular Hbond substituents is 1. The van der Waals surface area contributed by atoms with Crippen molar-refractivity contribution in [2.45, 2.75) is 6.36 Å². The van der Waals surface area contributed by atoms with Gasteiger partial charge >= 0.3 is 6.36 Å². The third-order valence-corrected chi connectivity index (χ3v) is 2.48. The Morgan fingerprint density at radius 2 is 1.57 bits per heavy atom. The van der Waals surface area contributed by atoms with Gasteiger partial charge in [-0.1, -0.05) is 0 Å². The van der Waals surface area contributed by atoms with Crippen LogP contribution >= 0.6 is 0 Å². The molecule has 2 rings (SSSR count). The van der Waals surface area contributed by atoms with Crippen LogP contribution in [0.2, 0.25) is 0 Å². The largest absolute Gasteiger partial charge is 0.573 e. The first-order valence-corrected chi connectivity index (χ1v) is 5.80. The highest BCUT2D eigenvalue weighted by Crippen LogP contribution is 2.24. The number of rotatable bonds is 3. The average molecular weight is 297 g/mol. The van der Waals surface area contributed by atoms with Crippen molar-refractivity contribution in [3.63, 3.8) is 0 Å². The molecule has 0 aliphatic carbocycles. The number of nitrogens with one attached hydrogen (secondary N) is 1. The maximum absolute atomic E-state index is 12.0. The highest BCUT2D eigenvalue weighted by atomic mass is 19.4. The van der Waals surface area contributed by atoms with Crippen LogP contribution in [0, 0.1) is 0 Å². The van der Waals surface area contributed by atoms with Gasteiger partial charge in [0.05, 0.1) is 0 Å². The number of halogens is 3. The van der Waals surface area contributed by atoms with E-state index in [1.807, 2.05) is 0 Å². The summed E-state index contributed by atoms with van der Waals surface area (Å²) in [5.74, 6) is -0.787. The zero-order valence-electron chi connectivity index (χ0n) is 10.5. The van der Waals surface area contributed by atoms with Gasteiger partial charge in [-0.25, -0.2) is 0 Å². The lowest BCUT2D eigenvalue weighted by Gasteiger charge is -2.10. The number of hydrogen-bond acceptors (Lipinski definition) is 3. The zero-order chi connectivity index (χ0) is 15.5. The van der Waals surface area contributed by atoms with Crippen molar-refractivity contribution < 1.29 is 27.8 Å². The minimum absolute atomic E-state index is 0.0280. The van der Waals surface area contributed by atoms with E-state index in [1.165, 1.54) is 36.4 Å². The summed E-state index contributed by atoms with van der Waals surface area (Å²) in [5.41, 5.74) is 0.631. The molecule has 0 unspecified atom stereocenters. The van der Waals surface area contributed by atoms with Crippen molar-refractivity contribution in [3.8, 4) is 11.5 Å². The Morgan fingerprint density at radius 1 is 1.00 bits per heavy atom. The Bertz CT molecular complexity index is 621. The minimum atomic E-state index is -4.75. The maximum atomic E-state index is 12.0. The highest BCUT2D eigenvalue weighted by Gasteiger charge is 2.30. The summed E-state index contributed by atoms with van der Waals surface area (Å²) in [7, 11) is 0. The Balaban J connectivity index is 2.03. The molecule has 2 aromatic rings. The second-order valence-corrected chi connectivity index (χ2v) is 4.07. The zero-order valence-corrected chi connectivity index (χ0v) is 10.5. The van der Waals surface area contributed by atoms with Crippen molar-refractivity contribution in [2.75, 3.05) is 5.32 Å². The van der Waals surface area contributed by atoms with Crippen LogP contribution in [0.4, 0.5) is 18.9 Å². The molecular weight excluding hydrogens is 287 g/mol. The van der Waals surface area contributed by atoms with Gasteiger partial charge in [-0.15, -0.1) is 13.2 Å². The fourth-order valence-electron chi connectivity index (χ4n) is 1.56. The SMILES string of the molecule is O=C(Nc1ccc(OC(F)(F)F)cc1)c1ccc(O)cc1. The van der Waals surface area contributed by atoms with Crippen LogP contribution in [0.25, 0.3) is 0 Å². The Hall–Kier alpha value is -2.70. The van der Waals surface area contributed by atoms with Gasteiger partial charge in [0.2, 0.25) is 0 Å². The number of benzene rings is 2. The monoisotopic (exact) mass is 297 g/mol. The van der Waals surface area contributed by atoms with E-state index < -0.39 is 12.3 Å². The molecule has 0 spiro atoms. The smallest absolute Gasteiger partial charge is 0.508 e. The molecule has 0 saturated heterocycles. The van der Waals surface area contributed by atoms with E-state index in [0.717, 1.165) is 12.1 Å². The van der Waals surface area contributed by atoms with Gasteiger partial charge in [0.1, 0.15) is 11.5 Å². The van der Waals surface area contributed by atoms with E-state index in [1.54, 1.807) is 0 Å². The normalized spacial score (nSPS) is 11.0. The number of hydrogen-bond donors (Lipinski definition) is 2. The molecule has 2 N–H and O–H groups in total. The highest BCUT2D eigenvalue weighted by molar-refractivity contribution is 6.04. The van der Waals surface area contributed by atoms with Crippen LogP contribution in [0.3, 0.4) is 0 Å². The quantitative estimate of drug-likeness (QED) is 0.911. The number of carbonyl (C=O) groups excluding carboxylic acids is 1. The summed E-state index contributed by atoms with van der Waals surface area (Å²) in [6.45, 7) is 0. The van der Waals surface area contributed by atoms with Crippen molar-refractivity contribution in [2.24, 2.45) is 0 Å². The van der Waals surface area contributed by atoms with Crippen LogP contribution in [0.5, 0.6) is 11.5 Å². The second kappa shape index (κ2) is 5.74. The van der Waals surface area contributed by atoms with E-state index >= 15 is 0 Å². The third-order valence-electron chi connectivity index (χ3n) is 2.48. The van der Waals surface area contributed by atoms with E-state index in [2.05, 4.69) is 10.1 Å². The first-order valence-electron chi connectivity index (χ1n) is 5.80. The van der Waals surface area contributed by atoms with Gasteiger partial charge in [0, 0.05) is 11.3 Å². The predicted octanol–water partition coefficient (Wildman–Crippen LogP) is 3.54. The summed E-state index contributed by atoms with van der Waals surface area (Å²) >= 11 is 0. The van der Waals surface area contributed by atoms with Gasteiger partial charge < -0.3 is 15.2 Å². The molecule has 0 saturated carbocycles. The molecule has 0 heterocycles. The van der Waals surface area contributed by atoms with Gasteiger partial charge in [-0.05, 0) is 48.5 Å². The fraction of sp³-hybridized carbons (Fsp3) is 0.0714. The summed E-state index contributed by atoms with van der Waals surface area (Å²) in [6, 6.07) is 10.3. The molecule has 4 nitrogen and oxygen atoms in total. The molecule has 0 radical (unpaired) electrons. The van der Waals surface area contributed by atoms with Crippen LogP contribution in [-0.2, 0) is 0 Å². The lowest BCUT2D eigenvalue weighted by atomic mass is 10.2. The number of carbonyl (C=O) groups is 1. The summed E-state index contributed by atoms with van der Waals surface area (Å²) in [4.78, 5) is 11.8. The minimum Gasteiger partial charge on any atom is -0.508 e. The molecule has 21 heavy (non-hydrogen) atoms. The fourth-order valence-corrected chi connectivity index (χ4v) is 1.56. The molecule has 110 valence electrons.